The van der Waals surface area contributed by atoms with Gasteiger partial charge in [0.25, 0.3) is 5.91 Å². The second-order valence-corrected chi connectivity index (χ2v) is 7.27. The van der Waals surface area contributed by atoms with Crippen molar-refractivity contribution in [2.45, 2.75) is 6.92 Å². The zero-order valence-electron chi connectivity index (χ0n) is 15.0. The SMILES string of the molecule is Cc1ccc(C(=O)Nc2ccc(C(=O)CBr)cc2)cc1N(CCCl)CCCl. The molecule has 0 unspecified atom stereocenters. The van der Waals surface area contributed by atoms with E-state index in [2.05, 4.69) is 26.1 Å². The molecule has 0 aliphatic rings. The molecule has 0 fully saturated rings. The highest BCUT2D eigenvalue weighted by Crippen LogP contribution is 2.23. The summed E-state index contributed by atoms with van der Waals surface area (Å²) in [7, 11) is 0. The maximum absolute atomic E-state index is 12.6. The van der Waals surface area contributed by atoms with Gasteiger partial charge in [0.2, 0.25) is 0 Å². The quantitative estimate of drug-likeness (QED) is 0.408. The predicted octanol–water partition coefficient (Wildman–Crippen LogP) is 5.11. The number of hydrogen-bond acceptors (Lipinski definition) is 3. The Hall–Kier alpha value is -1.56. The molecule has 2 aromatic carbocycles. The average molecular weight is 472 g/mol. The maximum atomic E-state index is 12.6. The van der Waals surface area contributed by atoms with E-state index in [9.17, 15) is 9.59 Å². The molecule has 0 atom stereocenters. The number of rotatable bonds is 9. The summed E-state index contributed by atoms with van der Waals surface area (Å²) in [5, 5.41) is 3.13. The number of carbonyl (C=O) groups excluding carboxylic acids is 2. The van der Waals surface area contributed by atoms with Crippen molar-refractivity contribution in [3.05, 3.63) is 59.2 Å². The Morgan fingerprint density at radius 2 is 1.59 bits per heavy atom. The molecule has 2 aromatic rings. The Labute approximate surface area is 178 Å². The van der Waals surface area contributed by atoms with Crippen LogP contribution in [0.15, 0.2) is 42.5 Å². The lowest BCUT2D eigenvalue weighted by Crippen LogP contribution is -2.28. The first-order chi connectivity index (χ1) is 13.0. The van der Waals surface area contributed by atoms with Crippen LogP contribution in [0.3, 0.4) is 0 Å². The molecule has 0 saturated carbocycles. The van der Waals surface area contributed by atoms with Gasteiger partial charge >= 0.3 is 0 Å². The molecule has 0 saturated heterocycles. The van der Waals surface area contributed by atoms with E-state index in [0.717, 1.165) is 11.3 Å². The van der Waals surface area contributed by atoms with E-state index >= 15 is 0 Å². The van der Waals surface area contributed by atoms with Gasteiger partial charge in [-0.05, 0) is 48.9 Å². The van der Waals surface area contributed by atoms with Crippen LogP contribution in [0.25, 0.3) is 0 Å². The van der Waals surface area contributed by atoms with E-state index in [1.807, 2.05) is 19.1 Å². The number of benzene rings is 2. The number of alkyl halides is 3. The number of halogens is 3. The fourth-order valence-electron chi connectivity index (χ4n) is 2.67. The van der Waals surface area contributed by atoms with Crippen LogP contribution in [-0.2, 0) is 0 Å². The number of aryl methyl sites for hydroxylation is 1. The molecule has 7 heteroatoms. The van der Waals surface area contributed by atoms with E-state index in [0.29, 0.717) is 41.7 Å². The van der Waals surface area contributed by atoms with E-state index in [1.165, 1.54) is 0 Å². The summed E-state index contributed by atoms with van der Waals surface area (Å²) in [6.45, 7) is 3.30. The van der Waals surface area contributed by atoms with Crippen LogP contribution in [-0.4, -0.2) is 41.9 Å². The number of nitrogens with zero attached hydrogens (tertiary/aromatic N) is 1. The molecule has 0 bridgehead atoms. The van der Waals surface area contributed by atoms with Crippen LogP contribution in [0.2, 0.25) is 0 Å². The van der Waals surface area contributed by atoms with Crippen LogP contribution in [0.1, 0.15) is 26.3 Å². The fraction of sp³-hybridized carbons (Fsp3) is 0.300. The molecule has 2 rings (SSSR count). The highest BCUT2D eigenvalue weighted by atomic mass is 79.9. The number of Topliss-reactive ketones (excluding diaryl/α,β-unsaturated/α-hetero) is 1. The summed E-state index contributed by atoms with van der Waals surface area (Å²) < 4.78 is 0. The molecule has 27 heavy (non-hydrogen) atoms. The Morgan fingerprint density at radius 3 is 2.15 bits per heavy atom. The van der Waals surface area contributed by atoms with Crippen molar-refractivity contribution >= 4 is 62.2 Å². The van der Waals surface area contributed by atoms with Crippen LogP contribution < -0.4 is 10.2 Å². The number of anilines is 2. The van der Waals surface area contributed by atoms with Crippen molar-refractivity contribution in [2.24, 2.45) is 0 Å². The molecule has 4 nitrogen and oxygen atoms in total. The molecule has 0 aliphatic heterocycles. The summed E-state index contributed by atoms with van der Waals surface area (Å²) >= 11 is 14.9. The van der Waals surface area contributed by atoms with E-state index in [-0.39, 0.29) is 17.0 Å². The van der Waals surface area contributed by atoms with Gasteiger partial charge in [-0.1, -0.05) is 22.0 Å². The van der Waals surface area contributed by atoms with Crippen LogP contribution in [0.4, 0.5) is 11.4 Å². The Bertz CT molecular complexity index is 791. The van der Waals surface area contributed by atoms with E-state index in [4.69, 9.17) is 23.2 Å². The lowest BCUT2D eigenvalue weighted by molar-refractivity contribution is 0.101. The summed E-state index contributed by atoms with van der Waals surface area (Å²) in [6, 6.07) is 12.4. The van der Waals surface area contributed by atoms with Gasteiger partial charge in [0.05, 0.1) is 5.33 Å². The first-order valence-electron chi connectivity index (χ1n) is 8.48. The Balaban J connectivity index is 2.18. The first kappa shape index (κ1) is 21.7. The van der Waals surface area contributed by atoms with Crippen molar-refractivity contribution < 1.29 is 9.59 Å². The molecule has 0 aromatic heterocycles. The van der Waals surface area contributed by atoms with Crippen molar-refractivity contribution in [2.75, 3.05) is 40.4 Å². The van der Waals surface area contributed by atoms with Crippen molar-refractivity contribution in [1.29, 1.82) is 0 Å². The number of hydrogen-bond donors (Lipinski definition) is 1. The average Bonchev–Trinajstić information content (AvgIpc) is 2.68. The molecule has 1 amide bonds. The fourth-order valence-corrected chi connectivity index (χ4v) is 3.40. The minimum atomic E-state index is -0.215. The largest absolute Gasteiger partial charge is 0.369 e. The Kier molecular flexibility index (Phi) is 8.61. The first-order valence-corrected chi connectivity index (χ1v) is 10.7. The second-order valence-electron chi connectivity index (χ2n) is 5.95. The molecule has 144 valence electrons. The predicted molar refractivity (Wildman–Crippen MR) is 117 cm³/mol. The summed E-state index contributed by atoms with van der Waals surface area (Å²) in [5.41, 5.74) is 3.78. The summed E-state index contributed by atoms with van der Waals surface area (Å²) in [4.78, 5) is 26.4. The van der Waals surface area contributed by atoms with Crippen LogP contribution >= 0.6 is 39.1 Å². The zero-order valence-corrected chi connectivity index (χ0v) is 18.1. The van der Waals surface area contributed by atoms with E-state index < -0.39 is 0 Å². The monoisotopic (exact) mass is 470 g/mol. The lowest BCUT2D eigenvalue weighted by Gasteiger charge is -2.25. The number of nitrogens with one attached hydrogen (secondary N) is 1. The molecular weight excluding hydrogens is 451 g/mol. The van der Waals surface area contributed by atoms with Crippen molar-refractivity contribution in [1.82, 2.24) is 0 Å². The van der Waals surface area contributed by atoms with E-state index in [1.54, 1.807) is 30.3 Å². The lowest BCUT2D eigenvalue weighted by atomic mass is 10.1. The number of carbonyl (C=O) groups is 2. The third kappa shape index (κ3) is 5.96. The molecular formula is C20H21BrCl2N2O2. The van der Waals surface area contributed by atoms with Crippen molar-refractivity contribution in [3.63, 3.8) is 0 Å². The highest BCUT2D eigenvalue weighted by molar-refractivity contribution is 9.09. The zero-order chi connectivity index (χ0) is 19.8. The van der Waals surface area contributed by atoms with Crippen LogP contribution in [0, 0.1) is 6.92 Å². The van der Waals surface area contributed by atoms with Gasteiger partial charge in [0, 0.05) is 47.4 Å². The highest BCUT2D eigenvalue weighted by Gasteiger charge is 2.13. The normalized spacial score (nSPS) is 10.5. The molecule has 1 N–H and O–H groups in total. The van der Waals surface area contributed by atoms with Gasteiger partial charge in [-0.3, -0.25) is 9.59 Å². The molecule has 0 spiro atoms. The number of ketones is 1. The second kappa shape index (κ2) is 10.7. The third-order valence-electron chi connectivity index (χ3n) is 4.11. The number of amides is 1. The Morgan fingerprint density at radius 1 is 1.00 bits per heavy atom. The van der Waals surface area contributed by atoms with Gasteiger partial charge in [-0.25, -0.2) is 0 Å². The van der Waals surface area contributed by atoms with Gasteiger partial charge in [-0.15, -0.1) is 23.2 Å². The van der Waals surface area contributed by atoms with Gasteiger partial charge < -0.3 is 10.2 Å². The molecule has 0 aliphatic carbocycles. The van der Waals surface area contributed by atoms with Crippen LogP contribution in [0.5, 0.6) is 0 Å². The van der Waals surface area contributed by atoms with Gasteiger partial charge in [0.15, 0.2) is 5.78 Å². The molecule has 0 heterocycles. The minimum absolute atomic E-state index is 0.00488. The summed E-state index contributed by atoms with van der Waals surface area (Å²) in [6.07, 6.45) is 0. The molecule has 0 radical (unpaired) electrons. The maximum Gasteiger partial charge on any atom is 0.255 e. The minimum Gasteiger partial charge on any atom is -0.369 e. The topological polar surface area (TPSA) is 49.4 Å². The van der Waals surface area contributed by atoms with Gasteiger partial charge in [-0.2, -0.15) is 0 Å². The smallest absolute Gasteiger partial charge is 0.255 e. The summed E-state index contributed by atoms with van der Waals surface area (Å²) in [5.74, 6) is 0.737. The van der Waals surface area contributed by atoms with Gasteiger partial charge in [0.1, 0.15) is 0 Å². The standard InChI is InChI=1S/C20H21BrCl2N2O2/c1-14-2-3-16(12-18(14)25(10-8-22)11-9-23)20(27)24-17-6-4-15(5-7-17)19(26)13-21/h2-7,12H,8-11,13H2,1H3,(H,24,27). The van der Waals surface area contributed by atoms with Crippen molar-refractivity contribution in [3.8, 4) is 0 Å². The third-order valence-corrected chi connectivity index (χ3v) is 4.95.